The topological polar surface area (TPSA) is 53.8 Å². The number of nitrogens with two attached hydrogens (primary N) is 1. The van der Waals surface area contributed by atoms with Gasteiger partial charge in [-0.25, -0.2) is 0 Å². The van der Waals surface area contributed by atoms with Gasteiger partial charge in [-0.05, 0) is 35.4 Å². The van der Waals surface area contributed by atoms with E-state index in [1.165, 1.54) is 42.1 Å². The Hall–Kier alpha value is -4.12. The zero-order valence-corrected chi connectivity index (χ0v) is 20.5. The molecule has 174 valence electrons. The Balaban J connectivity index is 1.52. The number of para-hydroxylation sites is 1. The summed E-state index contributed by atoms with van der Waals surface area (Å²) in [5.74, 6) is 0. The molecule has 0 saturated carbocycles. The van der Waals surface area contributed by atoms with E-state index in [1.54, 1.807) is 0 Å². The maximum atomic E-state index is 6.40. The smallest absolute Gasteiger partial charge is 0.0634 e. The van der Waals surface area contributed by atoms with Crippen molar-refractivity contribution < 1.29 is 0 Å². The highest BCUT2D eigenvalue weighted by molar-refractivity contribution is 7.26. The number of fused-ring (bicyclic) bond motifs is 6. The second-order valence-electron chi connectivity index (χ2n) is 9.39. The third-order valence-electron chi connectivity index (χ3n) is 7.16. The minimum absolute atomic E-state index is 0.0121. The van der Waals surface area contributed by atoms with Gasteiger partial charge in [-0.2, -0.15) is 0 Å². The molecular weight excluding hydrogens is 458 g/mol. The van der Waals surface area contributed by atoms with Crippen LogP contribution in [0.25, 0.3) is 58.8 Å². The fourth-order valence-corrected chi connectivity index (χ4v) is 6.53. The van der Waals surface area contributed by atoms with E-state index >= 15 is 0 Å². The summed E-state index contributed by atoms with van der Waals surface area (Å²) in [4.78, 5) is 3.71. The van der Waals surface area contributed by atoms with E-state index in [1.807, 2.05) is 29.6 Å². The number of aromatic amines is 1. The molecule has 3 nitrogen and oxygen atoms in total. The van der Waals surface area contributed by atoms with Crippen molar-refractivity contribution >= 4 is 59.0 Å². The molecule has 2 heterocycles. The lowest BCUT2D eigenvalue weighted by Crippen LogP contribution is -2.42. The fraction of sp³-hybridized carbons (Fsp3) is 0.0625. The van der Waals surface area contributed by atoms with E-state index in [0.29, 0.717) is 0 Å². The molecule has 36 heavy (non-hydrogen) atoms. The van der Waals surface area contributed by atoms with E-state index in [-0.39, 0.29) is 12.1 Å². The number of hydrogen-bond donors (Lipinski definition) is 3. The van der Waals surface area contributed by atoms with Gasteiger partial charge in [0.25, 0.3) is 0 Å². The van der Waals surface area contributed by atoms with Crippen molar-refractivity contribution in [3.63, 3.8) is 0 Å². The normalized spacial score (nSPS) is 17.5. The Labute approximate surface area is 213 Å². The molecule has 2 atom stereocenters. The second kappa shape index (κ2) is 8.23. The van der Waals surface area contributed by atoms with E-state index in [9.17, 15) is 0 Å². The zero-order valence-electron chi connectivity index (χ0n) is 19.7. The third kappa shape index (κ3) is 3.30. The fourth-order valence-electron chi connectivity index (χ4n) is 5.40. The maximum Gasteiger partial charge on any atom is 0.0634 e. The van der Waals surface area contributed by atoms with Gasteiger partial charge in [0.05, 0.1) is 11.6 Å². The van der Waals surface area contributed by atoms with Crippen LogP contribution in [0.3, 0.4) is 0 Å². The largest absolute Gasteiger partial charge is 0.377 e. The number of allylic oxidation sites excluding steroid dienone is 2. The number of thiophene rings is 1. The van der Waals surface area contributed by atoms with Crippen LogP contribution in [-0.4, -0.2) is 17.1 Å². The molecule has 2 aromatic heterocycles. The molecular formula is C32H25N3S. The number of aromatic nitrogens is 1. The Morgan fingerprint density at radius 1 is 0.806 bits per heavy atom. The number of hydrogen-bond acceptors (Lipinski definition) is 3. The van der Waals surface area contributed by atoms with Crippen LogP contribution in [0, 0.1) is 0 Å². The molecule has 4 heteroatoms. The zero-order chi connectivity index (χ0) is 24.2. The summed E-state index contributed by atoms with van der Waals surface area (Å²) in [5, 5.41) is 8.56. The van der Waals surface area contributed by atoms with Crippen molar-refractivity contribution in [2.24, 2.45) is 5.73 Å². The quantitative estimate of drug-likeness (QED) is 0.240. The first-order valence-corrected chi connectivity index (χ1v) is 13.0. The highest BCUT2D eigenvalue weighted by Crippen LogP contribution is 2.44. The van der Waals surface area contributed by atoms with Crippen LogP contribution in [0.4, 0.5) is 0 Å². The van der Waals surface area contributed by atoms with Crippen LogP contribution < -0.4 is 11.1 Å². The predicted octanol–water partition coefficient (Wildman–Crippen LogP) is 7.74. The first-order valence-electron chi connectivity index (χ1n) is 12.2. The van der Waals surface area contributed by atoms with Crippen molar-refractivity contribution in [1.82, 2.24) is 10.3 Å². The molecule has 0 fully saturated rings. The van der Waals surface area contributed by atoms with E-state index in [2.05, 4.69) is 102 Å². The summed E-state index contributed by atoms with van der Waals surface area (Å²) in [7, 11) is 0. The molecule has 0 aliphatic heterocycles. The Kier molecular flexibility index (Phi) is 4.84. The maximum absolute atomic E-state index is 6.40. The van der Waals surface area contributed by atoms with Crippen molar-refractivity contribution in [2.45, 2.75) is 12.1 Å². The first kappa shape index (κ1) is 21.2. The average molecular weight is 484 g/mol. The summed E-state index contributed by atoms with van der Waals surface area (Å²) < 4.78 is 2.53. The average Bonchev–Trinajstić information content (AvgIpc) is 3.46. The van der Waals surface area contributed by atoms with Crippen LogP contribution in [0.1, 0.15) is 5.56 Å². The lowest BCUT2D eigenvalue weighted by atomic mass is 9.96. The van der Waals surface area contributed by atoms with Gasteiger partial charge in [-0.3, -0.25) is 0 Å². The number of nitrogens with one attached hydrogen (secondary N) is 2. The van der Waals surface area contributed by atoms with Crippen molar-refractivity contribution in [2.75, 3.05) is 0 Å². The molecule has 1 aliphatic rings. The van der Waals surface area contributed by atoms with E-state index in [4.69, 9.17) is 5.73 Å². The van der Waals surface area contributed by atoms with Gasteiger partial charge in [0.2, 0.25) is 0 Å². The number of rotatable bonds is 4. The summed E-state index contributed by atoms with van der Waals surface area (Å²) in [6.07, 6.45) is 8.17. The van der Waals surface area contributed by atoms with Gasteiger partial charge < -0.3 is 16.0 Å². The number of benzene rings is 4. The lowest BCUT2D eigenvalue weighted by molar-refractivity contribution is 0.630. The van der Waals surface area contributed by atoms with Gasteiger partial charge in [0, 0.05) is 53.8 Å². The second-order valence-corrected chi connectivity index (χ2v) is 10.5. The highest BCUT2D eigenvalue weighted by Gasteiger charge is 2.22. The van der Waals surface area contributed by atoms with Crippen molar-refractivity contribution in [1.29, 1.82) is 0 Å². The summed E-state index contributed by atoms with van der Waals surface area (Å²) in [6, 6.07) is 28.1. The van der Waals surface area contributed by atoms with E-state index in [0.717, 1.165) is 22.3 Å². The van der Waals surface area contributed by atoms with E-state index < -0.39 is 0 Å². The van der Waals surface area contributed by atoms with Crippen molar-refractivity contribution in [3.8, 4) is 11.1 Å². The molecule has 0 bridgehead atoms. The molecule has 0 radical (unpaired) electrons. The minimum Gasteiger partial charge on any atom is -0.377 e. The molecule has 0 amide bonds. The predicted molar refractivity (Wildman–Crippen MR) is 156 cm³/mol. The molecule has 4 aromatic carbocycles. The summed E-state index contributed by atoms with van der Waals surface area (Å²) in [5.41, 5.74) is 13.1. The Morgan fingerprint density at radius 2 is 1.61 bits per heavy atom. The standard InChI is InChI=1S/C32H25N3S/c1-19(34-27-14-8-6-12-25(27)33)30-31-24-17-21(20-9-3-2-4-10-20)15-16-28(24)36-29(31)18-23-22-11-5-7-13-26(22)35-32(23)30/h2-18,25,27,34-35H,1,33H2. The van der Waals surface area contributed by atoms with Gasteiger partial charge in [-0.1, -0.05) is 85.5 Å². The monoisotopic (exact) mass is 483 g/mol. The Bertz CT molecular complexity index is 1850. The molecule has 4 N–H and O–H groups in total. The number of H-pyrrole nitrogens is 1. The third-order valence-corrected chi connectivity index (χ3v) is 8.28. The summed E-state index contributed by atoms with van der Waals surface area (Å²) in [6.45, 7) is 4.55. The van der Waals surface area contributed by atoms with Crippen LogP contribution in [0.15, 0.2) is 110 Å². The molecule has 1 aliphatic carbocycles. The van der Waals surface area contributed by atoms with Crippen LogP contribution in [0.2, 0.25) is 0 Å². The van der Waals surface area contributed by atoms with Gasteiger partial charge in [-0.15, -0.1) is 11.3 Å². The van der Waals surface area contributed by atoms with Gasteiger partial charge in [0.1, 0.15) is 0 Å². The van der Waals surface area contributed by atoms with Crippen LogP contribution in [0.5, 0.6) is 0 Å². The van der Waals surface area contributed by atoms with Crippen LogP contribution in [-0.2, 0) is 0 Å². The SMILES string of the molecule is C=C(NC1C=CC=CC1N)c1c2[nH]c3ccccc3c2cc2sc3ccc(-c4ccccc4)cc3c12. The molecule has 0 saturated heterocycles. The molecule has 2 unspecified atom stereocenters. The summed E-state index contributed by atoms with van der Waals surface area (Å²) >= 11 is 1.84. The lowest BCUT2D eigenvalue weighted by Gasteiger charge is -2.24. The van der Waals surface area contributed by atoms with Crippen LogP contribution >= 0.6 is 11.3 Å². The highest BCUT2D eigenvalue weighted by atomic mass is 32.1. The molecule has 7 rings (SSSR count). The van der Waals surface area contributed by atoms with Gasteiger partial charge in [0.15, 0.2) is 0 Å². The minimum atomic E-state index is -0.104. The molecule has 0 spiro atoms. The molecule has 6 aromatic rings. The first-order chi connectivity index (χ1) is 17.7. The van der Waals surface area contributed by atoms with Gasteiger partial charge >= 0.3 is 0 Å². The Morgan fingerprint density at radius 3 is 2.47 bits per heavy atom. The van der Waals surface area contributed by atoms with Crippen molar-refractivity contribution in [3.05, 3.63) is 115 Å².